The van der Waals surface area contributed by atoms with Gasteiger partial charge < -0.3 is 4.98 Å². The number of aromatic amines is 1. The van der Waals surface area contributed by atoms with Gasteiger partial charge in [-0.1, -0.05) is 12.1 Å². The van der Waals surface area contributed by atoms with Crippen molar-refractivity contribution in [2.75, 3.05) is 0 Å². The molecule has 0 fully saturated rings. The number of benzene rings is 1. The Bertz CT molecular complexity index is 526. The maximum Gasteiger partial charge on any atom is 0.194 e. The number of hydrogen-bond acceptors (Lipinski definition) is 1. The van der Waals surface area contributed by atoms with Crippen molar-refractivity contribution >= 4 is 5.78 Å². The molecule has 0 aliphatic heterocycles. The number of ketones is 1. The first-order valence-electron chi connectivity index (χ1n) is 5.64. The second kappa shape index (κ2) is 3.63. The molecular weight excluding hydrogens is 198 g/mol. The van der Waals surface area contributed by atoms with Crippen LogP contribution in [0.4, 0.5) is 0 Å². The van der Waals surface area contributed by atoms with E-state index in [4.69, 9.17) is 0 Å². The Kier molecular flexibility index (Phi) is 2.13. The third-order valence-corrected chi connectivity index (χ3v) is 3.22. The molecule has 0 unspecified atom stereocenters. The molecule has 1 N–H and O–H groups in total. The summed E-state index contributed by atoms with van der Waals surface area (Å²) in [5.74, 6) is 0.107. The molecule has 3 rings (SSSR count). The highest BCUT2D eigenvalue weighted by Crippen LogP contribution is 2.23. The molecule has 16 heavy (non-hydrogen) atoms. The fourth-order valence-electron chi connectivity index (χ4n) is 2.34. The normalized spacial score (nSPS) is 13.8. The lowest BCUT2D eigenvalue weighted by molar-refractivity contribution is 0.103. The predicted octanol–water partition coefficient (Wildman–Crippen LogP) is 2.73. The first-order chi connectivity index (χ1) is 7.84. The number of H-pyrrole nitrogens is 1. The Morgan fingerprint density at radius 1 is 1.06 bits per heavy atom. The lowest BCUT2D eigenvalue weighted by atomic mass is 10.0. The SMILES string of the molecule is O=C(c1cc[nH]c1)c1ccc2c(c1)CCC2. The van der Waals surface area contributed by atoms with Crippen LogP contribution in [0.5, 0.6) is 0 Å². The number of carbonyl (C=O) groups is 1. The third kappa shape index (κ3) is 1.47. The summed E-state index contributed by atoms with van der Waals surface area (Å²) in [5.41, 5.74) is 4.30. The highest BCUT2D eigenvalue weighted by molar-refractivity contribution is 6.09. The van der Waals surface area contributed by atoms with Gasteiger partial charge >= 0.3 is 0 Å². The van der Waals surface area contributed by atoms with Crippen molar-refractivity contribution in [1.29, 1.82) is 0 Å². The summed E-state index contributed by atoms with van der Waals surface area (Å²) >= 11 is 0. The standard InChI is InChI=1S/C14H13NO/c16-14(13-6-7-15-9-13)12-5-4-10-2-1-3-11(10)8-12/h4-9,15H,1-3H2. The van der Waals surface area contributed by atoms with Crippen LogP contribution in [0.3, 0.4) is 0 Å². The summed E-state index contributed by atoms with van der Waals surface area (Å²) < 4.78 is 0. The zero-order valence-corrected chi connectivity index (χ0v) is 8.99. The molecule has 2 heteroatoms. The molecular formula is C14H13NO. The molecule has 0 saturated carbocycles. The molecule has 80 valence electrons. The minimum Gasteiger partial charge on any atom is -0.367 e. The van der Waals surface area contributed by atoms with E-state index in [9.17, 15) is 4.79 Å². The molecule has 0 radical (unpaired) electrons. The first-order valence-corrected chi connectivity index (χ1v) is 5.64. The Morgan fingerprint density at radius 2 is 1.94 bits per heavy atom. The van der Waals surface area contributed by atoms with E-state index in [1.54, 1.807) is 12.4 Å². The summed E-state index contributed by atoms with van der Waals surface area (Å²) in [6.07, 6.45) is 7.02. The van der Waals surface area contributed by atoms with Gasteiger partial charge in [-0.3, -0.25) is 4.79 Å². The van der Waals surface area contributed by atoms with Gasteiger partial charge in [0.2, 0.25) is 0 Å². The minimum atomic E-state index is 0.107. The molecule has 1 heterocycles. The van der Waals surface area contributed by atoms with Crippen molar-refractivity contribution < 1.29 is 4.79 Å². The second-order valence-electron chi connectivity index (χ2n) is 4.27. The van der Waals surface area contributed by atoms with E-state index in [2.05, 4.69) is 17.1 Å². The molecule has 0 amide bonds. The lowest BCUT2D eigenvalue weighted by Gasteiger charge is -2.02. The monoisotopic (exact) mass is 211 g/mol. The Hall–Kier alpha value is -1.83. The highest BCUT2D eigenvalue weighted by Gasteiger charge is 2.14. The van der Waals surface area contributed by atoms with Crippen LogP contribution in [0.1, 0.15) is 33.5 Å². The van der Waals surface area contributed by atoms with Gasteiger partial charge in [-0.25, -0.2) is 0 Å². The number of rotatable bonds is 2. The zero-order valence-electron chi connectivity index (χ0n) is 8.99. The van der Waals surface area contributed by atoms with Crippen molar-refractivity contribution in [3.8, 4) is 0 Å². The molecule has 1 aromatic carbocycles. The molecule has 1 aliphatic carbocycles. The van der Waals surface area contributed by atoms with Crippen LogP contribution in [0, 0.1) is 0 Å². The summed E-state index contributed by atoms with van der Waals surface area (Å²) in [6.45, 7) is 0. The zero-order chi connectivity index (χ0) is 11.0. The van der Waals surface area contributed by atoms with Gasteiger partial charge in [0, 0.05) is 23.5 Å². The maximum absolute atomic E-state index is 12.1. The quantitative estimate of drug-likeness (QED) is 0.761. The topological polar surface area (TPSA) is 32.9 Å². The molecule has 1 aromatic heterocycles. The van der Waals surface area contributed by atoms with Crippen LogP contribution in [0.25, 0.3) is 0 Å². The number of fused-ring (bicyclic) bond motifs is 1. The molecule has 0 bridgehead atoms. The summed E-state index contributed by atoms with van der Waals surface area (Å²) in [7, 11) is 0. The molecule has 0 atom stereocenters. The second-order valence-corrected chi connectivity index (χ2v) is 4.27. The first kappa shape index (κ1) is 9.40. The average molecular weight is 211 g/mol. The van der Waals surface area contributed by atoms with Crippen molar-refractivity contribution in [2.45, 2.75) is 19.3 Å². The number of aromatic nitrogens is 1. The molecule has 0 saturated heterocycles. The maximum atomic E-state index is 12.1. The fraction of sp³-hybridized carbons (Fsp3) is 0.214. The van der Waals surface area contributed by atoms with Crippen LogP contribution >= 0.6 is 0 Å². The van der Waals surface area contributed by atoms with Gasteiger partial charge in [0.15, 0.2) is 5.78 Å². The van der Waals surface area contributed by atoms with E-state index < -0.39 is 0 Å². The average Bonchev–Trinajstić information content (AvgIpc) is 2.98. The van der Waals surface area contributed by atoms with Gasteiger partial charge in [0.25, 0.3) is 0 Å². The smallest absolute Gasteiger partial charge is 0.194 e. The van der Waals surface area contributed by atoms with Gasteiger partial charge in [-0.15, -0.1) is 0 Å². The van der Waals surface area contributed by atoms with Crippen LogP contribution in [0.15, 0.2) is 36.7 Å². The summed E-state index contributed by atoms with van der Waals surface area (Å²) in [5, 5.41) is 0. The van der Waals surface area contributed by atoms with Gasteiger partial charge in [0.05, 0.1) is 0 Å². The van der Waals surface area contributed by atoms with E-state index >= 15 is 0 Å². The minimum absolute atomic E-state index is 0.107. The van der Waals surface area contributed by atoms with Crippen molar-refractivity contribution in [1.82, 2.24) is 4.98 Å². The van der Waals surface area contributed by atoms with Gasteiger partial charge in [-0.2, -0.15) is 0 Å². The number of nitrogens with one attached hydrogen (secondary N) is 1. The van der Waals surface area contributed by atoms with Crippen molar-refractivity contribution in [3.05, 3.63) is 58.9 Å². The van der Waals surface area contributed by atoms with Crippen LogP contribution < -0.4 is 0 Å². The fourth-order valence-corrected chi connectivity index (χ4v) is 2.34. The molecule has 2 aromatic rings. The summed E-state index contributed by atoms with van der Waals surface area (Å²) in [4.78, 5) is 15.0. The van der Waals surface area contributed by atoms with E-state index in [0.29, 0.717) is 0 Å². The number of hydrogen-bond donors (Lipinski definition) is 1. The van der Waals surface area contributed by atoms with E-state index in [0.717, 1.165) is 24.0 Å². The Labute approximate surface area is 94.3 Å². The highest BCUT2D eigenvalue weighted by atomic mass is 16.1. The van der Waals surface area contributed by atoms with E-state index in [1.807, 2.05) is 12.1 Å². The third-order valence-electron chi connectivity index (χ3n) is 3.22. The predicted molar refractivity (Wildman–Crippen MR) is 62.7 cm³/mol. The number of carbonyl (C=O) groups excluding carboxylic acids is 1. The molecule has 2 nitrogen and oxygen atoms in total. The van der Waals surface area contributed by atoms with Crippen molar-refractivity contribution in [2.24, 2.45) is 0 Å². The molecule has 0 spiro atoms. The lowest BCUT2D eigenvalue weighted by Crippen LogP contribution is -2.00. The van der Waals surface area contributed by atoms with Gasteiger partial charge in [-0.05, 0) is 42.5 Å². The van der Waals surface area contributed by atoms with Crippen LogP contribution in [-0.4, -0.2) is 10.8 Å². The van der Waals surface area contributed by atoms with Crippen LogP contribution in [-0.2, 0) is 12.8 Å². The Morgan fingerprint density at radius 3 is 2.75 bits per heavy atom. The van der Waals surface area contributed by atoms with E-state index in [-0.39, 0.29) is 5.78 Å². The van der Waals surface area contributed by atoms with E-state index in [1.165, 1.54) is 17.5 Å². The number of aryl methyl sites for hydroxylation is 2. The summed E-state index contributed by atoms with van der Waals surface area (Å²) in [6, 6.07) is 7.91. The largest absolute Gasteiger partial charge is 0.367 e. The molecule has 1 aliphatic rings. The van der Waals surface area contributed by atoms with Crippen LogP contribution in [0.2, 0.25) is 0 Å². The Balaban J connectivity index is 1.99. The van der Waals surface area contributed by atoms with Crippen molar-refractivity contribution in [3.63, 3.8) is 0 Å². The van der Waals surface area contributed by atoms with Gasteiger partial charge in [0.1, 0.15) is 0 Å².